The normalized spacial score (nSPS) is 12.7. The third kappa shape index (κ3) is 4.18. The van der Waals surface area contributed by atoms with Crippen LogP contribution in [-0.2, 0) is 21.4 Å². The predicted molar refractivity (Wildman–Crippen MR) is 90.8 cm³/mol. The first-order valence-electron chi connectivity index (χ1n) is 7.47. The molecule has 0 saturated heterocycles. The summed E-state index contributed by atoms with van der Waals surface area (Å²) in [4.78, 5) is 16.3. The van der Waals surface area contributed by atoms with Crippen LogP contribution >= 0.6 is 0 Å². The van der Waals surface area contributed by atoms with Crippen molar-refractivity contribution < 1.29 is 22.7 Å². The Morgan fingerprint density at radius 2 is 2.04 bits per heavy atom. The molecule has 1 amide bonds. The molecule has 0 unspecified atom stereocenters. The molecule has 0 aliphatic carbocycles. The summed E-state index contributed by atoms with van der Waals surface area (Å²) in [5.74, 6) is 0.547. The first-order valence-corrected chi connectivity index (χ1v) is 9.32. The van der Waals surface area contributed by atoms with E-state index in [1.165, 1.54) is 6.07 Å². The average molecular weight is 363 g/mol. The van der Waals surface area contributed by atoms with E-state index < -0.39 is 15.9 Å². The molecule has 1 N–H and O–H groups in total. The van der Waals surface area contributed by atoms with Gasteiger partial charge in [-0.25, -0.2) is 8.42 Å². The summed E-state index contributed by atoms with van der Waals surface area (Å²) in [5, 5.41) is 2.66. The maximum Gasteiger partial charge on any atom is 0.241 e. The number of fused-ring (bicyclic) bond motifs is 1. The van der Waals surface area contributed by atoms with Gasteiger partial charge in [-0.05, 0) is 24.3 Å². The molecule has 9 heteroatoms. The Balaban J connectivity index is 1.72. The van der Waals surface area contributed by atoms with Crippen molar-refractivity contribution in [3.8, 4) is 11.5 Å². The fourth-order valence-electron chi connectivity index (χ4n) is 2.32. The van der Waals surface area contributed by atoms with Crippen LogP contribution in [0.5, 0.6) is 11.5 Å². The lowest BCUT2D eigenvalue weighted by Crippen LogP contribution is -2.40. The van der Waals surface area contributed by atoms with Gasteiger partial charge in [-0.3, -0.25) is 14.1 Å². The van der Waals surface area contributed by atoms with E-state index in [0.29, 0.717) is 22.9 Å². The van der Waals surface area contributed by atoms with E-state index in [9.17, 15) is 13.2 Å². The minimum absolute atomic E-state index is 0.0855. The molecule has 1 aliphatic rings. The minimum atomic E-state index is -3.65. The Morgan fingerprint density at radius 1 is 1.24 bits per heavy atom. The lowest BCUT2D eigenvalue weighted by molar-refractivity contribution is -0.119. The second-order valence-corrected chi connectivity index (χ2v) is 7.31. The van der Waals surface area contributed by atoms with Gasteiger partial charge in [0, 0.05) is 12.3 Å². The van der Waals surface area contributed by atoms with Gasteiger partial charge in [0.2, 0.25) is 22.7 Å². The molecule has 0 fully saturated rings. The second kappa shape index (κ2) is 6.98. The maximum atomic E-state index is 12.2. The highest BCUT2D eigenvalue weighted by Crippen LogP contribution is 2.35. The van der Waals surface area contributed by atoms with E-state index in [1.54, 1.807) is 30.5 Å². The van der Waals surface area contributed by atoms with Gasteiger partial charge in [-0.2, -0.15) is 0 Å². The van der Waals surface area contributed by atoms with Gasteiger partial charge in [0.05, 0.1) is 24.2 Å². The minimum Gasteiger partial charge on any atom is -0.454 e. The number of carbonyl (C=O) groups excluding carboxylic acids is 1. The van der Waals surface area contributed by atoms with Crippen LogP contribution in [-0.4, -0.2) is 38.9 Å². The Hall–Kier alpha value is -2.81. The fourth-order valence-corrected chi connectivity index (χ4v) is 3.17. The Bertz CT molecular complexity index is 871. The van der Waals surface area contributed by atoms with E-state index >= 15 is 0 Å². The highest BCUT2D eigenvalue weighted by molar-refractivity contribution is 7.92. The number of sulfonamides is 1. The van der Waals surface area contributed by atoms with Crippen molar-refractivity contribution >= 4 is 21.6 Å². The molecule has 1 aliphatic heterocycles. The summed E-state index contributed by atoms with van der Waals surface area (Å²) < 4.78 is 35.7. The highest BCUT2D eigenvalue weighted by atomic mass is 32.2. The van der Waals surface area contributed by atoms with Crippen LogP contribution in [0.2, 0.25) is 0 Å². The molecule has 2 heterocycles. The Kier molecular flexibility index (Phi) is 4.75. The van der Waals surface area contributed by atoms with E-state index in [1.807, 2.05) is 6.07 Å². The molecule has 132 valence electrons. The largest absolute Gasteiger partial charge is 0.454 e. The van der Waals surface area contributed by atoms with Crippen molar-refractivity contribution in [3.63, 3.8) is 0 Å². The number of pyridine rings is 1. The van der Waals surface area contributed by atoms with Gasteiger partial charge in [-0.1, -0.05) is 6.07 Å². The van der Waals surface area contributed by atoms with Crippen LogP contribution in [0.25, 0.3) is 0 Å². The first kappa shape index (κ1) is 17.0. The van der Waals surface area contributed by atoms with Gasteiger partial charge in [0.1, 0.15) is 6.54 Å². The molecule has 0 atom stereocenters. The lowest BCUT2D eigenvalue weighted by Gasteiger charge is -2.22. The van der Waals surface area contributed by atoms with Crippen LogP contribution < -0.4 is 19.1 Å². The summed E-state index contributed by atoms with van der Waals surface area (Å²) >= 11 is 0. The third-order valence-electron chi connectivity index (χ3n) is 3.52. The zero-order chi connectivity index (χ0) is 17.9. The van der Waals surface area contributed by atoms with E-state index in [-0.39, 0.29) is 19.9 Å². The van der Waals surface area contributed by atoms with Gasteiger partial charge in [-0.15, -0.1) is 0 Å². The number of hydrogen-bond donors (Lipinski definition) is 1. The molecule has 0 saturated carbocycles. The number of benzene rings is 1. The standard InChI is InChI=1S/C16H17N3O5S/c1-25(21,22)19(13-5-6-14-15(8-13)24-11-23-14)10-16(20)18-9-12-4-2-3-7-17-12/h2-8H,9-11H2,1H3,(H,18,20). The van der Waals surface area contributed by atoms with Crippen molar-refractivity contribution in [2.75, 3.05) is 23.9 Å². The van der Waals surface area contributed by atoms with E-state index in [4.69, 9.17) is 9.47 Å². The van der Waals surface area contributed by atoms with Crippen LogP contribution in [0.1, 0.15) is 5.69 Å². The lowest BCUT2D eigenvalue weighted by atomic mass is 10.2. The molecular weight excluding hydrogens is 346 g/mol. The monoisotopic (exact) mass is 363 g/mol. The summed E-state index contributed by atoms with van der Waals surface area (Å²) in [5.41, 5.74) is 1.02. The molecule has 0 bridgehead atoms. The molecule has 2 aromatic rings. The molecule has 25 heavy (non-hydrogen) atoms. The predicted octanol–water partition coefficient (Wildman–Crippen LogP) is 0.893. The number of rotatable bonds is 6. The fraction of sp³-hybridized carbons (Fsp3) is 0.250. The van der Waals surface area contributed by atoms with Gasteiger partial charge in [0.25, 0.3) is 0 Å². The smallest absolute Gasteiger partial charge is 0.241 e. The summed E-state index contributed by atoms with van der Waals surface area (Å²) in [6, 6.07) is 10.1. The number of ether oxygens (including phenoxy) is 2. The summed E-state index contributed by atoms with van der Waals surface area (Å²) in [6.45, 7) is -0.0358. The second-order valence-electron chi connectivity index (χ2n) is 5.41. The summed E-state index contributed by atoms with van der Waals surface area (Å²) in [6.07, 6.45) is 2.67. The van der Waals surface area contributed by atoms with Crippen LogP contribution in [0.3, 0.4) is 0 Å². The zero-order valence-electron chi connectivity index (χ0n) is 13.5. The SMILES string of the molecule is CS(=O)(=O)N(CC(=O)NCc1ccccn1)c1ccc2c(c1)OCO2. The van der Waals surface area contributed by atoms with Gasteiger partial charge >= 0.3 is 0 Å². The van der Waals surface area contributed by atoms with Gasteiger partial charge < -0.3 is 14.8 Å². The number of amides is 1. The molecule has 0 spiro atoms. The zero-order valence-corrected chi connectivity index (χ0v) is 14.3. The van der Waals surface area contributed by atoms with Crippen LogP contribution in [0, 0.1) is 0 Å². The van der Waals surface area contributed by atoms with Crippen molar-refractivity contribution in [1.29, 1.82) is 0 Å². The summed E-state index contributed by atoms with van der Waals surface area (Å²) in [7, 11) is -3.65. The third-order valence-corrected chi connectivity index (χ3v) is 4.67. The molecule has 3 rings (SSSR count). The number of nitrogens with one attached hydrogen (secondary N) is 1. The van der Waals surface area contributed by atoms with E-state index in [0.717, 1.165) is 10.6 Å². The van der Waals surface area contributed by atoms with Crippen molar-refractivity contribution in [2.45, 2.75) is 6.54 Å². The van der Waals surface area contributed by atoms with E-state index in [2.05, 4.69) is 10.3 Å². The van der Waals surface area contributed by atoms with Gasteiger partial charge in [0.15, 0.2) is 11.5 Å². The number of anilines is 1. The number of carbonyl (C=O) groups is 1. The quantitative estimate of drug-likeness (QED) is 0.819. The average Bonchev–Trinajstić information content (AvgIpc) is 3.05. The molecule has 8 nitrogen and oxygen atoms in total. The first-order chi connectivity index (χ1) is 11.9. The van der Waals surface area contributed by atoms with Crippen LogP contribution in [0.15, 0.2) is 42.6 Å². The molecule has 0 radical (unpaired) electrons. The number of hydrogen-bond acceptors (Lipinski definition) is 6. The Morgan fingerprint density at radius 3 is 2.76 bits per heavy atom. The van der Waals surface area contributed by atoms with Crippen LogP contribution in [0.4, 0.5) is 5.69 Å². The molecular formula is C16H17N3O5S. The topological polar surface area (TPSA) is 97.8 Å². The highest BCUT2D eigenvalue weighted by Gasteiger charge is 2.23. The molecule has 1 aromatic heterocycles. The maximum absolute atomic E-state index is 12.2. The molecule has 1 aromatic carbocycles. The van der Waals surface area contributed by atoms with Crippen molar-refractivity contribution in [3.05, 3.63) is 48.3 Å². The van der Waals surface area contributed by atoms with Crippen molar-refractivity contribution in [2.24, 2.45) is 0 Å². The number of nitrogens with zero attached hydrogens (tertiary/aromatic N) is 2. The Labute approximate surface area is 145 Å². The number of aromatic nitrogens is 1. The van der Waals surface area contributed by atoms with Crippen molar-refractivity contribution in [1.82, 2.24) is 10.3 Å².